The summed E-state index contributed by atoms with van der Waals surface area (Å²) in [4.78, 5) is 18.0. The van der Waals surface area contributed by atoms with Crippen molar-refractivity contribution >= 4 is 11.7 Å². The van der Waals surface area contributed by atoms with Gasteiger partial charge in [-0.2, -0.15) is 0 Å². The van der Waals surface area contributed by atoms with E-state index in [1.807, 2.05) is 42.5 Å². The van der Waals surface area contributed by atoms with Crippen molar-refractivity contribution < 1.29 is 9.90 Å². The second-order valence-electron chi connectivity index (χ2n) is 5.30. The van der Waals surface area contributed by atoms with Crippen molar-refractivity contribution in [1.82, 2.24) is 4.98 Å². The molecule has 21 heavy (non-hydrogen) atoms. The van der Waals surface area contributed by atoms with E-state index in [0.29, 0.717) is 6.42 Å². The fourth-order valence-corrected chi connectivity index (χ4v) is 2.92. The van der Waals surface area contributed by atoms with Crippen LogP contribution in [-0.2, 0) is 11.2 Å². The molecule has 0 aliphatic carbocycles. The zero-order valence-electron chi connectivity index (χ0n) is 11.8. The third kappa shape index (κ3) is 2.89. The van der Waals surface area contributed by atoms with E-state index in [4.69, 9.17) is 0 Å². The molecule has 0 radical (unpaired) electrons. The van der Waals surface area contributed by atoms with Gasteiger partial charge in [0.05, 0.1) is 5.92 Å². The molecular weight excluding hydrogens is 264 g/mol. The number of aromatic nitrogens is 1. The number of pyridine rings is 1. The summed E-state index contributed by atoms with van der Waals surface area (Å²) in [6, 6.07) is 13.8. The van der Waals surface area contributed by atoms with Gasteiger partial charge >= 0.3 is 5.97 Å². The molecule has 0 spiro atoms. The molecule has 0 saturated heterocycles. The van der Waals surface area contributed by atoms with E-state index in [-0.39, 0.29) is 5.92 Å². The minimum Gasteiger partial charge on any atom is -0.481 e. The van der Waals surface area contributed by atoms with E-state index >= 15 is 0 Å². The van der Waals surface area contributed by atoms with E-state index < -0.39 is 5.97 Å². The van der Waals surface area contributed by atoms with Crippen LogP contribution in [0.25, 0.3) is 0 Å². The van der Waals surface area contributed by atoms with E-state index in [0.717, 1.165) is 36.5 Å². The number of nitrogens with zero attached hydrogens (tertiary/aromatic N) is 2. The lowest BCUT2D eigenvalue weighted by atomic mass is 9.90. The van der Waals surface area contributed by atoms with Crippen LogP contribution in [-0.4, -0.2) is 29.1 Å². The lowest BCUT2D eigenvalue weighted by Crippen LogP contribution is -2.35. The van der Waals surface area contributed by atoms with Gasteiger partial charge < -0.3 is 10.0 Å². The molecule has 0 fully saturated rings. The lowest BCUT2D eigenvalue weighted by molar-refractivity contribution is -0.139. The zero-order chi connectivity index (χ0) is 14.7. The SMILES string of the molecule is O=C(O)C1CCN(CCc2ccccn2)c2ccccc21. The average molecular weight is 282 g/mol. The summed E-state index contributed by atoms with van der Waals surface area (Å²) < 4.78 is 0. The first kappa shape index (κ1) is 13.6. The standard InChI is InChI=1S/C17H18N2O2/c20-17(21)15-9-12-19(16-7-2-1-6-14(15)16)11-8-13-5-3-4-10-18-13/h1-7,10,15H,8-9,11-12H2,(H,20,21). The number of hydrogen-bond acceptors (Lipinski definition) is 3. The van der Waals surface area contributed by atoms with Crippen LogP contribution in [0.15, 0.2) is 48.7 Å². The van der Waals surface area contributed by atoms with Crippen molar-refractivity contribution in [3.63, 3.8) is 0 Å². The summed E-state index contributed by atoms with van der Waals surface area (Å²) in [7, 11) is 0. The van der Waals surface area contributed by atoms with E-state index in [2.05, 4.69) is 9.88 Å². The lowest BCUT2D eigenvalue weighted by Gasteiger charge is -2.34. The molecule has 1 unspecified atom stereocenters. The highest BCUT2D eigenvalue weighted by molar-refractivity contribution is 5.80. The second-order valence-corrected chi connectivity index (χ2v) is 5.30. The normalized spacial score (nSPS) is 17.3. The maximum absolute atomic E-state index is 11.4. The number of carboxylic acids is 1. The Morgan fingerprint density at radius 1 is 1.24 bits per heavy atom. The van der Waals surface area contributed by atoms with Crippen LogP contribution in [0.1, 0.15) is 23.6 Å². The van der Waals surface area contributed by atoms with Gasteiger partial charge in [0.25, 0.3) is 0 Å². The van der Waals surface area contributed by atoms with Gasteiger partial charge in [-0.25, -0.2) is 0 Å². The van der Waals surface area contributed by atoms with E-state index in [1.54, 1.807) is 6.20 Å². The van der Waals surface area contributed by atoms with Gasteiger partial charge in [0.15, 0.2) is 0 Å². The molecular formula is C17H18N2O2. The van der Waals surface area contributed by atoms with Crippen molar-refractivity contribution in [3.8, 4) is 0 Å². The first-order valence-corrected chi connectivity index (χ1v) is 7.22. The zero-order valence-corrected chi connectivity index (χ0v) is 11.8. The molecule has 2 heterocycles. The summed E-state index contributed by atoms with van der Waals surface area (Å²) in [6.07, 6.45) is 3.33. The van der Waals surface area contributed by atoms with Gasteiger partial charge in [0.1, 0.15) is 0 Å². The number of fused-ring (bicyclic) bond motifs is 1. The quantitative estimate of drug-likeness (QED) is 0.936. The van der Waals surface area contributed by atoms with Gasteiger partial charge in [-0.1, -0.05) is 24.3 Å². The number of carboxylic acid groups (broad SMARTS) is 1. The van der Waals surface area contributed by atoms with Crippen molar-refractivity contribution in [1.29, 1.82) is 0 Å². The third-order valence-electron chi connectivity index (χ3n) is 4.00. The van der Waals surface area contributed by atoms with Gasteiger partial charge in [-0.15, -0.1) is 0 Å². The highest BCUT2D eigenvalue weighted by Crippen LogP contribution is 2.35. The van der Waals surface area contributed by atoms with Crippen LogP contribution in [0, 0.1) is 0 Å². The maximum Gasteiger partial charge on any atom is 0.311 e. The van der Waals surface area contributed by atoms with Crippen LogP contribution < -0.4 is 4.90 Å². The molecule has 1 N–H and O–H groups in total. The summed E-state index contributed by atoms with van der Waals surface area (Å²) >= 11 is 0. The van der Waals surface area contributed by atoms with Crippen molar-refractivity contribution in [2.45, 2.75) is 18.8 Å². The summed E-state index contributed by atoms with van der Waals surface area (Å²) in [5, 5.41) is 9.35. The molecule has 1 atom stereocenters. The van der Waals surface area contributed by atoms with Crippen molar-refractivity contribution in [2.75, 3.05) is 18.0 Å². The molecule has 0 amide bonds. The number of para-hydroxylation sites is 1. The summed E-state index contributed by atoms with van der Waals surface area (Å²) in [5.41, 5.74) is 3.04. The fourth-order valence-electron chi connectivity index (χ4n) is 2.92. The largest absolute Gasteiger partial charge is 0.481 e. The number of benzene rings is 1. The van der Waals surface area contributed by atoms with Gasteiger partial charge in [-0.05, 0) is 30.2 Å². The Morgan fingerprint density at radius 3 is 2.81 bits per heavy atom. The van der Waals surface area contributed by atoms with Crippen LogP contribution in [0.3, 0.4) is 0 Å². The van der Waals surface area contributed by atoms with E-state index in [1.165, 1.54) is 0 Å². The minimum atomic E-state index is -0.730. The fraction of sp³-hybridized carbons (Fsp3) is 0.294. The van der Waals surface area contributed by atoms with Crippen LogP contribution in [0.4, 0.5) is 5.69 Å². The van der Waals surface area contributed by atoms with Crippen LogP contribution >= 0.6 is 0 Å². The smallest absolute Gasteiger partial charge is 0.311 e. The minimum absolute atomic E-state index is 0.382. The van der Waals surface area contributed by atoms with Crippen molar-refractivity contribution in [2.24, 2.45) is 0 Å². The van der Waals surface area contributed by atoms with Crippen LogP contribution in [0.2, 0.25) is 0 Å². The number of hydrogen-bond donors (Lipinski definition) is 1. The number of aliphatic carboxylic acids is 1. The Kier molecular flexibility index (Phi) is 3.86. The molecule has 0 saturated carbocycles. The molecule has 108 valence electrons. The summed E-state index contributed by atoms with van der Waals surface area (Å²) in [5.74, 6) is -1.11. The van der Waals surface area contributed by atoms with Gasteiger partial charge in [-0.3, -0.25) is 9.78 Å². The topological polar surface area (TPSA) is 53.4 Å². The Hall–Kier alpha value is -2.36. The number of rotatable bonds is 4. The molecule has 4 nitrogen and oxygen atoms in total. The predicted octanol–water partition coefficient (Wildman–Crippen LogP) is 2.70. The van der Waals surface area contributed by atoms with Crippen molar-refractivity contribution in [3.05, 3.63) is 59.9 Å². The second kappa shape index (κ2) is 5.95. The van der Waals surface area contributed by atoms with Gasteiger partial charge in [0, 0.05) is 37.1 Å². The molecule has 1 aromatic heterocycles. The molecule has 3 rings (SSSR count). The maximum atomic E-state index is 11.4. The highest BCUT2D eigenvalue weighted by Gasteiger charge is 2.29. The first-order chi connectivity index (χ1) is 10.3. The van der Waals surface area contributed by atoms with E-state index in [9.17, 15) is 9.90 Å². The third-order valence-corrected chi connectivity index (χ3v) is 4.00. The monoisotopic (exact) mass is 282 g/mol. The molecule has 4 heteroatoms. The Bertz CT molecular complexity index is 628. The molecule has 1 aliphatic heterocycles. The van der Waals surface area contributed by atoms with Crippen LogP contribution in [0.5, 0.6) is 0 Å². The Labute approximate surface area is 124 Å². The molecule has 1 aliphatic rings. The number of anilines is 1. The Balaban J connectivity index is 1.78. The number of carbonyl (C=O) groups is 1. The van der Waals surface area contributed by atoms with Gasteiger partial charge in [0.2, 0.25) is 0 Å². The molecule has 2 aromatic rings. The molecule has 1 aromatic carbocycles. The first-order valence-electron chi connectivity index (χ1n) is 7.22. The summed E-state index contributed by atoms with van der Waals surface area (Å²) in [6.45, 7) is 1.64. The molecule has 0 bridgehead atoms. The Morgan fingerprint density at radius 2 is 2.05 bits per heavy atom. The highest BCUT2D eigenvalue weighted by atomic mass is 16.4. The predicted molar refractivity (Wildman–Crippen MR) is 81.6 cm³/mol. The average Bonchev–Trinajstić information content (AvgIpc) is 2.53.